The standard InChI is InChI=1S/C10H10N4O3S/c1-7(5-15)8-6-18-10(11-8)4-13-3-2-9(12-13)14(16)17/h2-3,5-7H,4H2,1H3. The first-order valence-electron chi connectivity index (χ1n) is 5.17. The third-order valence-electron chi connectivity index (χ3n) is 2.35. The van der Waals surface area contributed by atoms with E-state index in [1.165, 1.54) is 28.3 Å². The lowest BCUT2D eigenvalue weighted by atomic mass is 10.1. The van der Waals surface area contributed by atoms with Crippen molar-refractivity contribution in [3.63, 3.8) is 0 Å². The highest BCUT2D eigenvalue weighted by molar-refractivity contribution is 7.09. The molecule has 0 radical (unpaired) electrons. The maximum absolute atomic E-state index is 10.6. The summed E-state index contributed by atoms with van der Waals surface area (Å²) in [5.74, 6) is -0.421. The molecule has 7 nitrogen and oxygen atoms in total. The van der Waals surface area contributed by atoms with Crippen molar-refractivity contribution >= 4 is 23.4 Å². The van der Waals surface area contributed by atoms with Gasteiger partial charge in [-0.1, -0.05) is 6.92 Å². The molecule has 94 valence electrons. The molecule has 0 aliphatic rings. The van der Waals surface area contributed by atoms with E-state index in [1.54, 1.807) is 6.92 Å². The number of nitro groups is 1. The smallest absolute Gasteiger partial charge is 0.358 e. The van der Waals surface area contributed by atoms with E-state index < -0.39 is 4.92 Å². The molecule has 0 aliphatic carbocycles. The van der Waals surface area contributed by atoms with Crippen molar-refractivity contribution in [2.45, 2.75) is 19.4 Å². The highest BCUT2D eigenvalue weighted by Gasteiger charge is 2.13. The van der Waals surface area contributed by atoms with E-state index in [0.29, 0.717) is 12.2 Å². The molecule has 2 aromatic heterocycles. The number of aromatic nitrogens is 3. The zero-order valence-corrected chi connectivity index (χ0v) is 10.3. The van der Waals surface area contributed by atoms with E-state index in [4.69, 9.17) is 0 Å². The van der Waals surface area contributed by atoms with Gasteiger partial charge < -0.3 is 14.9 Å². The minimum absolute atomic E-state index is 0.187. The topological polar surface area (TPSA) is 90.9 Å². The number of rotatable bonds is 5. The third-order valence-corrected chi connectivity index (χ3v) is 3.20. The third kappa shape index (κ3) is 2.59. The maximum Gasteiger partial charge on any atom is 0.389 e. The number of nitrogens with zero attached hydrogens (tertiary/aromatic N) is 4. The monoisotopic (exact) mass is 266 g/mol. The lowest BCUT2D eigenvalue weighted by Gasteiger charge is -1.96. The van der Waals surface area contributed by atoms with Gasteiger partial charge in [0.2, 0.25) is 0 Å². The quantitative estimate of drug-likeness (QED) is 0.465. The van der Waals surface area contributed by atoms with Crippen LogP contribution in [-0.4, -0.2) is 26.0 Å². The van der Waals surface area contributed by atoms with Crippen LogP contribution in [0.3, 0.4) is 0 Å². The highest BCUT2D eigenvalue weighted by Crippen LogP contribution is 2.18. The minimum Gasteiger partial charge on any atom is -0.358 e. The fraction of sp³-hybridized carbons (Fsp3) is 0.300. The summed E-state index contributed by atoms with van der Waals surface area (Å²) in [6.07, 6.45) is 2.36. The molecule has 0 aromatic carbocycles. The second-order valence-corrected chi connectivity index (χ2v) is 4.66. The Morgan fingerprint density at radius 3 is 3.06 bits per heavy atom. The van der Waals surface area contributed by atoms with Gasteiger partial charge in [-0.25, -0.2) is 4.98 Å². The maximum atomic E-state index is 10.6. The average molecular weight is 266 g/mol. The minimum atomic E-state index is -0.543. The predicted molar refractivity (Wildman–Crippen MR) is 64.6 cm³/mol. The van der Waals surface area contributed by atoms with Crippen molar-refractivity contribution in [2.75, 3.05) is 0 Å². The molecule has 0 fully saturated rings. The van der Waals surface area contributed by atoms with Crippen LogP contribution >= 0.6 is 11.3 Å². The number of aldehydes is 1. The number of thiazole rings is 1. The van der Waals surface area contributed by atoms with Gasteiger partial charge >= 0.3 is 5.82 Å². The van der Waals surface area contributed by atoms with E-state index in [2.05, 4.69) is 10.1 Å². The normalized spacial score (nSPS) is 12.3. The van der Waals surface area contributed by atoms with Gasteiger partial charge in [0.05, 0.1) is 29.0 Å². The van der Waals surface area contributed by atoms with Crippen molar-refractivity contribution in [1.29, 1.82) is 0 Å². The Kier molecular flexibility index (Phi) is 3.47. The Morgan fingerprint density at radius 2 is 2.44 bits per heavy atom. The predicted octanol–water partition coefficient (Wildman–Crippen LogP) is 1.60. The molecule has 0 bridgehead atoms. The summed E-state index contributed by atoms with van der Waals surface area (Å²) in [5.41, 5.74) is 0.714. The fourth-order valence-electron chi connectivity index (χ4n) is 1.35. The Balaban J connectivity index is 2.11. The lowest BCUT2D eigenvalue weighted by molar-refractivity contribution is -0.389. The van der Waals surface area contributed by atoms with Crippen LogP contribution in [0.1, 0.15) is 23.5 Å². The van der Waals surface area contributed by atoms with Crippen LogP contribution in [0.25, 0.3) is 0 Å². The Hall–Kier alpha value is -2.09. The van der Waals surface area contributed by atoms with Gasteiger partial charge in [-0.15, -0.1) is 11.3 Å². The molecule has 0 saturated carbocycles. The van der Waals surface area contributed by atoms with E-state index in [9.17, 15) is 14.9 Å². The summed E-state index contributed by atoms with van der Waals surface area (Å²) >= 11 is 1.41. The first-order chi connectivity index (χ1) is 8.60. The lowest BCUT2D eigenvalue weighted by Crippen LogP contribution is -2.02. The van der Waals surface area contributed by atoms with Gasteiger partial charge in [0.1, 0.15) is 17.8 Å². The zero-order valence-electron chi connectivity index (χ0n) is 9.52. The summed E-state index contributed by atoms with van der Waals surface area (Å²) in [5, 5.41) is 16.8. The summed E-state index contributed by atoms with van der Waals surface area (Å²) in [6.45, 7) is 2.13. The molecule has 0 amide bonds. The molecule has 2 rings (SSSR count). The van der Waals surface area contributed by atoms with Gasteiger partial charge in [-0.2, -0.15) is 4.68 Å². The van der Waals surface area contributed by atoms with Crippen LogP contribution in [0.2, 0.25) is 0 Å². The molecule has 18 heavy (non-hydrogen) atoms. The van der Waals surface area contributed by atoms with Crippen molar-refractivity contribution in [3.05, 3.63) is 38.5 Å². The molecule has 1 unspecified atom stereocenters. The highest BCUT2D eigenvalue weighted by atomic mass is 32.1. The van der Waals surface area contributed by atoms with Crippen molar-refractivity contribution in [2.24, 2.45) is 0 Å². The number of hydrogen-bond acceptors (Lipinski definition) is 6. The molecule has 1 atom stereocenters. The van der Waals surface area contributed by atoms with E-state index in [0.717, 1.165) is 11.3 Å². The molecule has 0 N–H and O–H groups in total. The molecule has 2 heterocycles. The van der Waals surface area contributed by atoms with Crippen LogP contribution in [-0.2, 0) is 11.3 Å². The van der Waals surface area contributed by atoms with Crippen LogP contribution < -0.4 is 0 Å². The Morgan fingerprint density at radius 1 is 1.67 bits per heavy atom. The zero-order chi connectivity index (χ0) is 13.1. The van der Waals surface area contributed by atoms with Gasteiger partial charge in [0.15, 0.2) is 0 Å². The number of hydrogen-bond donors (Lipinski definition) is 0. The summed E-state index contributed by atoms with van der Waals surface area (Å²) in [7, 11) is 0. The van der Waals surface area contributed by atoms with Gasteiger partial charge in [-0.05, 0) is 4.92 Å². The molecule has 2 aromatic rings. The molecule has 0 aliphatic heterocycles. The van der Waals surface area contributed by atoms with Crippen molar-refractivity contribution in [3.8, 4) is 0 Å². The van der Waals surface area contributed by atoms with Crippen LogP contribution in [0.5, 0.6) is 0 Å². The summed E-state index contributed by atoms with van der Waals surface area (Å²) < 4.78 is 1.45. The average Bonchev–Trinajstić information content (AvgIpc) is 2.98. The second kappa shape index (κ2) is 5.05. The molecular weight excluding hydrogens is 256 g/mol. The Bertz CT molecular complexity index is 577. The van der Waals surface area contributed by atoms with E-state index >= 15 is 0 Å². The van der Waals surface area contributed by atoms with E-state index in [-0.39, 0.29) is 11.7 Å². The van der Waals surface area contributed by atoms with Gasteiger partial charge in [0.25, 0.3) is 0 Å². The van der Waals surface area contributed by atoms with Gasteiger partial charge in [-0.3, -0.25) is 0 Å². The van der Waals surface area contributed by atoms with E-state index in [1.807, 2.05) is 5.38 Å². The molecule has 0 saturated heterocycles. The molecule has 8 heteroatoms. The Labute approximate surface area is 106 Å². The fourth-order valence-corrected chi connectivity index (χ4v) is 2.24. The molecular formula is C10H10N4O3S. The number of carbonyl (C=O) groups excluding carboxylic acids is 1. The molecule has 0 spiro atoms. The SMILES string of the molecule is CC(C=O)c1csc(Cn2ccc([N+](=O)[O-])n2)n1. The largest absolute Gasteiger partial charge is 0.389 e. The number of carbonyl (C=O) groups is 1. The first-order valence-corrected chi connectivity index (χ1v) is 6.05. The van der Waals surface area contributed by atoms with Crippen LogP contribution in [0.15, 0.2) is 17.6 Å². The summed E-state index contributed by atoms with van der Waals surface area (Å²) in [6, 6.07) is 1.34. The first kappa shape index (κ1) is 12.4. The van der Waals surface area contributed by atoms with Crippen LogP contribution in [0, 0.1) is 10.1 Å². The van der Waals surface area contributed by atoms with Gasteiger partial charge in [0, 0.05) is 5.38 Å². The second-order valence-electron chi connectivity index (χ2n) is 3.72. The van der Waals surface area contributed by atoms with Crippen LogP contribution in [0.4, 0.5) is 5.82 Å². The van der Waals surface area contributed by atoms with Crippen molar-refractivity contribution in [1.82, 2.24) is 14.8 Å². The summed E-state index contributed by atoms with van der Waals surface area (Å²) in [4.78, 5) is 24.8. The van der Waals surface area contributed by atoms with Crippen molar-refractivity contribution < 1.29 is 9.72 Å².